The molecule has 1 N–H and O–H groups in total. The second kappa shape index (κ2) is 5.80. The van der Waals surface area contributed by atoms with E-state index in [2.05, 4.69) is 4.98 Å². The molecule has 2 nitrogen and oxygen atoms in total. The summed E-state index contributed by atoms with van der Waals surface area (Å²) < 4.78 is 13.9. The van der Waals surface area contributed by atoms with Gasteiger partial charge in [0.25, 0.3) is 0 Å². The standard InChI is InChI=1S/C17H13ClFNO/c18-15-6-2-3-11(17(15)19)9-16(21)14-5-1-4-12-10-20-8-7-13(12)14/h1-8,10,16,21H,9H2. The van der Waals surface area contributed by atoms with Crippen LogP contribution in [0.15, 0.2) is 54.9 Å². The van der Waals surface area contributed by atoms with E-state index in [-0.39, 0.29) is 11.4 Å². The molecule has 0 aliphatic heterocycles. The third-order valence-corrected chi connectivity index (χ3v) is 3.81. The van der Waals surface area contributed by atoms with E-state index in [1.807, 2.05) is 24.3 Å². The molecule has 1 heterocycles. The Balaban J connectivity index is 1.97. The van der Waals surface area contributed by atoms with Crippen LogP contribution in [0.2, 0.25) is 5.02 Å². The van der Waals surface area contributed by atoms with E-state index in [0.29, 0.717) is 5.56 Å². The van der Waals surface area contributed by atoms with Gasteiger partial charge in [-0.1, -0.05) is 41.9 Å². The van der Waals surface area contributed by atoms with Crippen LogP contribution in [0.3, 0.4) is 0 Å². The summed E-state index contributed by atoms with van der Waals surface area (Å²) in [5.74, 6) is -0.472. The molecule has 0 amide bonds. The number of hydrogen-bond acceptors (Lipinski definition) is 2. The highest BCUT2D eigenvalue weighted by molar-refractivity contribution is 6.30. The predicted molar refractivity (Wildman–Crippen MR) is 81.8 cm³/mol. The van der Waals surface area contributed by atoms with Crippen LogP contribution < -0.4 is 0 Å². The molecule has 0 spiro atoms. The van der Waals surface area contributed by atoms with Crippen molar-refractivity contribution in [2.45, 2.75) is 12.5 Å². The molecule has 3 rings (SSSR count). The topological polar surface area (TPSA) is 33.1 Å². The number of fused-ring (bicyclic) bond motifs is 1. The number of aromatic nitrogens is 1. The van der Waals surface area contributed by atoms with Gasteiger partial charge in [-0.25, -0.2) is 4.39 Å². The lowest BCUT2D eigenvalue weighted by molar-refractivity contribution is 0.178. The SMILES string of the molecule is OC(Cc1cccc(Cl)c1F)c1cccc2cnccc12. The van der Waals surface area contributed by atoms with E-state index in [1.165, 1.54) is 6.07 Å². The lowest BCUT2D eigenvalue weighted by Crippen LogP contribution is -2.04. The maximum absolute atomic E-state index is 13.9. The Kier molecular flexibility index (Phi) is 3.86. The van der Waals surface area contributed by atoms with Gasteiger partial charge in [0.1, 0.15) is 5.82 Å². The van der Waals surface area contributed by atoms with E-state index in [4.69, 9.17) is 11.6 Å². The maximum Gasteiger partial charge on any atom is 0.145 e. The number of aliphatic hydroxyl groups is 1. The zero-order chi connectivity index (χ0) is 14.8. The Morgan fingerprint density at radius 2 is 1.95 bits per heavy atom. The molecule has 0 aliphatic rings. The predicted octanol–water partition coefficient (Wildman–Crippen LogP) is 4.30. The van der Waals surface area contributed by atoms with Crippen molar-refractivity contribution < 1.29 is 9.50 Å². The van der Waals surface area contributed by atoms with Gasteiger partial charge in [-0.3, -0.25) is 4.98 Å². The van der Waals surface area contributed by atoms with Gasteiger partial charge >= 0.3 is 0 Å². The van der Waals surface area contributed by atoms with Gasteiger partial charge < -0.3 is 5.11 Å². The highest BCUT2D eigenvalue weighted by atomic mass is 35.5. The normalized spacial score (nSPS) is 12.5. The summed E-state index contributed by atoms with van der Waals surface area (Å²) in [7, 11) is 0. The third kappa shape index (κ3) is 2.75. The number of pyridine rings is 1. The number of halogens is 2. The average Bonchev–Trinajstić information content (AvgIpc) is 2.51. The number of aliphatic hydroxyl groups excluding tert-OH is 1. The van der Waals surface area contributed by atoms with Crippen LogP contribution in [0.1, 0.15) is 17.2 Å². The first-order chi connectivity index (χ1) is 10.2. The highest BCUT2D eigenvalue weighted by Gasteiger charge is 2.15. The molecule has 1 unspecified atom stereocenters. The van der Waals surface area contributed by atoms with Crippen molar-refractivity contribution in [1.82, 2.24) is 4.98 Å². The van der Waals surface area contributed by atoms with Gasteiger partial charge in [0.05, 0.1) is 11.1 Å². The van der Waals surface area contributed by atoms with Crippen molar-refractivity contribution >= 4 is 22.4 Å². The lowest BCUT2D eigenvalue weighted by Gasteiger charge is -2.14. The fraction of sp³-hybridized carbons (Fsp3) is 0.118. The average molecular weight is 302 g/mol. The molecular weight excluding hydrogens is 289 g/mol. The molecule has 1 aromatic heterocycles. The van der Waals surface area contributed by atoms with Gasteiger partial charge in [0, 0.05) is 24.2 Å². The molecule has 0 radical (unpaired) electrons. The largest absolute Gasteiger partial charge is 0.388 e. The van der Waals surface area contributed by atoms with Crippen molar-refractivity contribution in [2.75, 3.05) is 0 Å². The maximum atomic E-state index is 13.9. The van der Waals surface area contributed by atoms with Crippen LogP contribution in [-0.4, -0.2) is 10.1 Å². The number of hydrogen-bond donors (Lipinski definition) is 1. The van der Waals surface area contributed by atoms with Crippen LogP contribution in [0.5, 0.6) is 0 Å². The first-order valence-corrected chi connectivity index (χ1v) is 6.98. The molecule has 0 aliphatic carbocycles. The Morgan fingerprint density at radius 1 is 1.14 bits per heavy atom. The van der Waals surface area contributed by atoms with E-state index in [0.717, 1.165) is 16.3 Å². The third-order valence-electron chi connectivity index (χ3n) is 3.52. The minimum Gasteiger partial charge on any atom is -0.388 e. The second-order valence-corrected chi connectivity index (χ2v) is 5.28. The molecule has 3 aromatic rings. The number of nitrogens with zero attached hydrogens (tertiary/aromatic N) is 1. The zero-order valence-corrected chi connectivity index (χ0v) is 11.9. The smallest absolute Gasteiger partial charge is 0.145 e. The van der Waals surface area contributed by atoms with Gasteiger partial charge in [-0.05, 0) is 28.6 Å². The molecule has 2 aromatic carbocycles. The summed E-state index contributed by atoms with van der Waals surface area (Å²) in [6.45, 7) is 0. The Hall–Kier alpha value is -1.97. The molecule has 0 saturated carbocycles. The van der Waals surface area contributed by atoms with Gasteiger partial charge in [0.15, 0.2) is 0 Å². The van der Waals surface area contributed by atoms with Crippen molar-refractivity contribution in [3.63, 3.8) is 0 Å². The summed E-state index contributed by atoms with van der Waals surface area (Å²) in [5.41, 5.74) is 1.16. The summed E-state index contributed by atoms with van der Waals surface area (Å²) in [5, 5.41) is 12.4. The van der Waals surface area contributed by atoms with Gasteiger partial charge in [-0.15, -0.1) is 0 Å². The first kappa shape index (κ1) is 14.0. The van der Waals surface area contributed by atoms with Crippen molar-refractivity contribution in [3.8, 4) is 0 Å². The Morgan fingerprint density at radius 3 is 2.81 bits per heavy atom. The fourth-order valence-corrected chi connectivity index (χ4v) is 2.66. The summed E-state index contributed by atoms with van der Waals surface area (Å²) in [6, 6.07) is 12.3. The molecule has 21 heavy (non-hydrogen) atoms. The van der Waals surface area contributed by atoms with Crippen molar-refractivity contribution in [1.29, 1.82) is 0 Å². The monoisotopic (exact) mass is 301 g/mol. The van der Waals surface area contributed by atoms with Crippen molar-refractivity contribution in [2.24, 2.45) is 0 Å². The van der Waals surface area contributed by atoms with E-state index in [1.54, 1.807) is 24.5 Å². The molecular formula is C17H13ClFNO. The highest BCUT2D eigenvalue weighted by Crippen LogP contribution is 2.28. The summed E-state index contributed by atoms with van der Waals surface area (Å²) >= 11 is 5.77. The Bertz CT molecular complexity index is 785. The molecule has 106 valence electrons. The van der Waals surface area contributed by atoms with Crippen LogP contribution in [0, 0.1) is 5.82 Å². The molecule has 0 saturated heterocycles. The van der Waals surface area contributed by atoms with Crippen LogP contribution >= 0.6 is 11.6 Å². The van der Waals surface area contributed by atoms with Crippen LogP contribution in [0.25, 0.3) is 10.8 Å². The summed E-state index contributed by atoms with van der Waals surface area (Å²) in [6.07, 6.45) is 2.79. The van der Waals surface area contributed by atoms with Crippen LogP contribution in [-0.2, 0) is 6.42 Å². The minimum absolute atomic E-state index is 0.0711. The van der Waals surface area contributed by atoms with Gasteiger partial charge in [-0.2, -0.15) is 0 Å². The molecule has 1 atom stereocenters. The number of rotatable bonds is 3. The zero-order valence-electron chi connectivity index (χ0n) is 11.1. The van der Waals surface area contributed by atoms with E-state index < -0.39 is 11.9 Å². The van der Waals surface area contributed by atoms with Gasteiger partial charge in [0.2, 0.25) is 0 Å². The quantitative estimate of drug-likeness (QED) is 0.782. The number of benzene rings is 2. The fourth-order valence-electron chi connectivity index (χ4n) is 2.46. The molecule has 4 heteroatoms. The first-order valence-electron chi connectivity index (χ1n) is 6.60. The Labute approximate surface area is 126 Å². The lowest BCUT2D eigenvalue weighted by atomic mass is 9.97. The molecule has 0 fully saturated rings. The minimum atomic E-state index is -0.802. The summed E-state index contributed by atoms with van der Waals surface area (Å²) in [4.78, 5) is 4.06. The molecule has 0 bridgehead atoms. The second-order valence-electron chi connectivity index (χ2n) is 4.88. The van der Waals surface area contributed by atoms with Crippen LogP contribution in [0.4, 0.5) is 4.39 Å². The van der Waals surface area contributed by atoms with Crippen molar-refractivity contribution in [3.05, 3.63) is 76.8 Å². The van der Waals surface area contributed by atoms with E-state index >= 15 is 0 Å². The van der Waals surface area contributed by atoms with E-state index in [9.17, 15) is 9.50 Å².